The molecule has 2 aliphatic rings. The number of ether oxygens (including phenoxy) is 2. The van der Waals surface area contributed by atoms with Crippen molar-refractivity contribution in [2.45, 2.75) is 39.7 Å². The Kier molecular flexibility index (Phi) is 7.98. The summed E-state index contributed by atoms with van der Waals surface area (Å²) in [6, 6.07) is 6.36. The van der Waals surface area contributed by atoms with E-state index >= 15 is 0 Å². The zero-order valence-electron chi connectivity index (χ0n) is 17.3. The van der Waals surface area contributed by atoms with Gasteiger partial charge in [-0.25, -0.2) is 0 Å². The van der Waals surface area contributed by atoms with E-state index in [1.165, 1.54) is 5.56 Å². The Morgan fingerprint density at radius 1 is 1.29 bits per heavy atom. The minimum atomic E-state index is 0.0633. The van der Waals surface area contributed by atoms with E-state index in [2.05, 4.69) is 47.6 Å². The van der Waals surface area contributed by atoms with Gasteiger partial charge in [-0.2, -0.15) is 0 Å². The van der Waals surface area contributed by atoms with Gasteiger partial charge in [-0.1, -0.05) is 13.8 Å². The molecule has 1 aromatic carbocycles. The normalized spacial score (nSPS) is 23.9. The summed E-state index contributed by atoms with van der Waals surface area (Å²) >= 11 is 0. The highest BCUT2D eigenvalue weighted by atomic mass is 16.5. The first-order chi connectivity index (χ1) is 13.6. The number of rotatable bonds is 4. The maximum atomic E-state index is 12.4. The molecule has 28 heavy (non-hydrogen) atoms. The van der Waals surface area contributed by atoms with Gasteiger partial charge in [-0.05, 0) is 49.9 Å². The molecule has 1 aromatic rings. The highest BCUT2D eigenvalue weighted by molar-refractivity contribution is 5.78. The van der Waals surface area contributed by atoms with Gasteiger partial charge in [-0.3, -0.25) is 9.69 Å². The van der Waals surface area contributed by atoms with Crippen molar-refractivity contribution in [2.75, 3.05) is 51.3 Å². The standard InChI is InChI=1S/C22H35N3O3/c1-17(2)7-8-23-20-5-6-21-19(14-20)16-25-10-3-4-18(15-25)22(26)24-9-11-27-12-13-28-21/h5-6,14,17-18,23H,3-4,7-13,15-16H2,1-2H3,(H,24,26). The summed E-state index contributed by atoms with van der Waals surface area (Å²) in [5.41, 5.74) is 2.30. The lowest BCUT2D eigenvalue weighted by molar-refractivity contribution is -0.127. The van der Waals surface area contributed by atoms with E-state index in [0.29, 0.717) is 32.3 Å². The molecule has 0 radical (unpaired) electrons. The molecule has 2 atom stereocenters. The van der Waals surface area contributed by atoms with Crippen LogP contribution in [0.15, 0.2) is 18.2 Å². The molecule has 2 bridgehead atoms. The number of hydrogen-bond donors (Lipinski definition) is 2. The predicted molar refractivity (Wildman–Crippen MR) is 112 cm³/mol. The van der Waals surface area contributed by atoms with Gasteiger partial charge in [-0.15, -0.1) is 0 Å². The Labute approximate surface area is 169 Å². The molecule has 0 aromatic heterocycles. The molecule has 2 unspecified atom stereocenters. The largest absolute Gasteiger partial charge is 0.491 e. The molecular formula is C22H35N3O3. The van der Waals surface area contributed by atoms with Gasteiger partial charge < -0.3 is 20.1 Å². The first-order valence-corrected chi connectivity index (χ1v) is 10.7. The van der Waals surface area contributed by atoms with E-state index in [0.717, 1.165) is 56.9 Å². The second-order valence-corrected chi connectivity index (χ2v) is 8.26. The Morgan fingerprint density at radius 2 is 2.18 bits per heavy atom. The summed E-state index contributed by atoms with van der Waals surface area (Å²) in [7, 11) is 0. The second-order valence-electron chi connectivity index (χ2n) is 8.26. The van der Waals surface area contributed by atoms with E-state index in [1.807, 2.05) is 0 Å². The van der Waals surface area contributed by atoms with Crippen LogP contribution in [0.3, 0.4) is 0 Å². The van der Waals surface area contributed by atoms with E-state index in [9.17, 15) is 4.79 Å². The molecule has 2 N–H and O–H groups in total. The fourth-order valence-electron chi connectivity index (χ4n) is 3.82. The minimum absolute atomic E-state index is 0.0633. The van der Waals surface area contributed by atoms with E-state index in [4.69, 9.17) is 9.47 Å². The lowest BCUT2D eigenvalue weighted by Crippen LogP contribution is -2.43. The molecule has 6 nitrogen and oxygen atoms in total. The third kappa shape index (κ3) is 6.38. The average molecular weight is 390 g/mol. The number of hydrogen-bond acceptors (Lipinski definition) is 5. The number of nitrogens with zero attached hydrogens (tertiary/aromatic N) is 1. The van der Waals surface area contributed by atoms with Crippen LogP contribution in [-0.4, -0.2) is 56.8 Å². The van der Waals surface area contributed by atoms with Crippen LogP contribution in [0.1, 0.15) is 38.7 Å². The molecule has 0 saturated carbocycles. The fourth-order valence-corrected chi connectivity index (χ4v) is 3.82. The monoisotopic (exact) mass is 389 g/mol. The molecule has 2 aliphatic heterocycles. The summed E-state index contributed by atoms with van der Waals surface area (Å²) in [5.74, 6) is 1.82. The number of piperidine rings is 1. The number of amides is 1. The van der Waals surface area contributed by atoms with Crippen LogP contribution in [0.5, 0.6) is 5.75 Å². The van der Waals surface area contributed by atoms with Crippen molar-refractivity contribution in [3.63, 3.8) is 0 Å². The van der Waals surface area contributed by atoms with Crippen molar-refractivity contribution in [1.82, 2.24) is 10.2 Å². The number of anilines is 1. The highest BCUT2D eigenvalue weighted by Gasteiger charge is 2.26. The van der Waals surface area contributed by atoms with Crippen molar-refractivity contribution >= 4 is 11.6 Å². The van der Waals surface area contributed by atoms with Crippen LogP contribution >= 0.6 is 0 Å². The maximum Gasteiger partial charge on any atom is 0.224 e. The Balaban J connectivity index is 1.73. The van der Waals surface area contributed by atoms with E-state index in [1.54, 1.807) is 0 Å². The second kappa shape index (κ2) is 10.7. The third-order valence-corrected chi connectivity index (χ3v) is 5.41. The molecule has 6 heteroatoms. The summed E-state index contributed by atoms with van der Waals surface area (Å²) in [4.78, 5) is 14.8. The highest BCUT2D eigenvalue weighted by Crippen LogP contribution is 2.27. The van der Waals surface area contributed by atoms with Crippen molar-refractivity contribution in [1.29, 1.82) is 0 Å². The van der Waals surface area contributed by atoms with Crippen LogP contribution in [0.4, 0.5) is 5.69 Å². The maximum absolute atomic E-state index is 12.4. The van der Waals surface area contributed by atoms with Gasteiger partial charge in [0.05, 0.1) is 19.1 Å². The quantitative estimate of drug-likeness (QED) is 0.829. The van der Waals surface area contributed by atoms with Gasteiger partial charge in [0.1, 0.15) is 12.4 Å². The first-order valence-electron chi connectivity index (χ1n) is 10.7. The lowest BCUT2D eigenvalue weighted by atomic mass is 9.96. The molecule has 1 fully saturated rings. The number of carbonyl (C=O) groups excluding carboxylic acids is 1. The summed E-state index contributed by atoms with van der Waals surface area (Å²) in [5, 5.41) is 6.54. The van der Waals surface area contributed by atoms with E-state index in [-0.39, 0.29) is 11.8 Å². The first kappa shape index (κ1) is 20.9. The number of nitrogens with one attached hydrogen (secondary N) is 2. The Bertz CT molecular complexity index is 635. The molecule has 0 aliphatic carbocycles. The molecule has 3 rings (SSSR count). The Hall–Kier alpha value is -1.79. The molecule has 156 valence electrons. The smallest absolute Gasteiger partial charge is 0.224 e. The zero-order chi connectivity index (χ0) is 19.8. The number of carbonyl (C=O) groups is 1. The predicted octanol–water partition coefficient (Wildman–Crippen LogP) is 2.88. The van der Waals surface area contributed by atoms with Crippen LogP contribution in [-0.2, 0) is 16.1 Å². The minimum Gasteiger partial charge on any atom is -0.491 e. The van der Waals surface area contributed by atoms with Gasteiger partial charge >= 0.3 is 0 Å². The van der Waals surface area contributed by atoms with Crippen molar-refractivity contribution in [3.05, 3.63) is 23.8 Å². The van der Waals surface area contributed by atoms with Crippen molar-refractivity contribution in [2.24, 2.45) is 11.8 Å². The third-order valence-electron chi connectivity index (χ3n) is 5.41. The number of benzene rings is 1. The summed E-state index contributed by atoms with van der Waals surface area (Å²) in [6.45, 7) is 10.2. The van der Waals surface area contributed by atoms with Crippen LogP contribution in [0.25, 0.3) is 0 Å². The molecule has 1 amide bonds. The van der Waals surface area contributed by atoms with Gasteiger partial charge in [0.25, 0.3) is 0 Å². The average Bonchev–Trinajstić information content (AvgIpc) is 2.68. The summed E-state index contributed by atoms with van der Waals surface area (Å²) in [6.07, 6.45) is 3.16. The molecule has 1 saturated heterocycles. The van der Waals surface area contributed by atoms with Crippen LogP contribution in [0, 0.1) is 11.8 Å². The van der Waals surface area contributed by atoms with Gasteiger partial charge in [0, 0.05) is 37.4 Å². The van der Waals surface area contributed by atoms with E-state index < -0.39 is 0 Å². The lowest BCUT2D eigenvalue weighted by Gasteiger charge is -2.32. The van der Waals surface area contributed by atoms with Crippen molar-refractivity contribution < 1.29 is 14.3 Å². The fraction of sp³-hybridized carbons (Fsp3) is 0.682. The molecule has 2 heterocycles. The molecular weight excluding hydrogens is 354 g/mol. The summed E-state index contributed by atoms with van der Waals surface area (Å²) < 4.78 is 11.6. The van der Waals surface area contributed by atoms with Gasteiger partial charge in [0.15, 0.2) is 0 Å². The van der Waals surface area contributed by atoms with Crippen molar-refractivity contribution in [3.8, 4) is 5.75 Å². The topological polar surface area (TPSA) is 62.8 Å². The Morgan fingerprint density at radius 3 is 3.04 bits per heavy atom. The SMILES string of the molecule is CC(C)CCNc1ccc2c(c1)CN1CCCC(C1)C(=O)NCCOCCO2. The zero-order valence-corrected chi connectivity index (χ0v) is 17.3. The number of fused-ring (bicyclic) bond motifs is 3. The van der Waals surface area contributed by atoms with Crippen LogP contribution in [0.2, 0.25) is 0 Å². The van der Waals surface area contributed by atoms with Crippen LogP contribution < -0.4 is 15.4 Å². The van der Waals surface area contributed by atoms with Gasteiger partial charge in [0.2, 0.25) is 5.91 Å². The molecule has 0 spiro atoms.